The summed E-state index contributed by atoms with van der Waals surface area (Å²) in [5.74, 6) is 1.75. The number of aryl methyl sites for hydroxylation is 1. The first kappa shape index (κ1) is 20.5. The van der Waals surface area contributed by atoms with E-state index in [4.69, 9.17) is 9.47 Å². The molecule has 166 valence electrons. The van der Waals surface area contributed by atoms with Gasteiger partial charge in [-0.05, 0) is 36.2 Å². The van der Waals surface area contributed by atoms with Crippen LogP contribution in [0.25, 0.3) is 10.9 Å². The number of hydrogen-bond donors (Lipinski definition) is 0. The molecule has 0 saturated carbocycles. The number of aromatic nitrogens is 2. The highest BCUT2D eigenvalue weighted by Crippen LogP contribution is 2.32. The molecule has 0 unspecified atom stereocenters. The van der Waals surface area contributed by atoms with Crippen molar-refractivity contribution in [1.29, 1.82) is 0 Å². The summed E-state index contributed by atoms with van der Waals surface area (Å²) in [5, 5.41) is 0.611. The van der Waals surface area contributed by atoms with Crippen molar-refractivity contribution in [3.63, 3.8) is 0 Å². The number of nitrogens with zero attached hydrogens (tertiary/aromatic N) is 4. The first-order chi connectivity index (χ1) is 15.7. The zero-order valence-corrected chi connectivity index (χ0v) is 17.9. The molecular weight excluding hydrogens is 408 g/mol. The molecule has 3 aromatic rings. The Hall–Kier alpha value is -3.39. The highest BCUT2D eigenvalue weighted by atomic mass is 16.7. The maximum Gasteiger partial charge on any atom is 0.261 e. The lowest BCUT2D eigenvalue weighted by Gasteiger charge is -2.34. The van der Waals surface area contributed by atoms with Crippen molar-refractivity contribution in [2.75, 3.05) is 33.0 Å². The third kappa shape index (κ3) is 4.31. The number of amides is 1. The molecule has 8 heteroatoms. The molecule has 3 heterocycles. The van der Waals surface area contributed by atoms with E-state index in [0.717, 1.165) is 44.2 Å². The molecule has 2 aliphatic rings. The van der Waals surface area contributed by atoms with Crippen LogP contribution >= 0.6 is 0 Å². The van der Waals surface area contributed by atoms with Gasteiger partial charge in [0.05, 0.1) is 17.2 Å². The van der Waals surface area contributed by atoms with Gasteiger partial charge in [0.1, 0.15) is 0 Å². The summed E-state index contributed by atoms with van der Waals surface area (Å²) < 4.78 is 12.4. The van der Waals surface area contributed by atoms with Gasteiger partial charge in [-0.15, -0.1) is 0 Å². The van der Waals surface area contributed by atoms with Crippen LogP contribution in [0, 0.1) is 0 Å². The van der Waals surface area contributed by atoms with E-state index >= 15 is 0 Å². The number of hydrogen-bond acceptors (Lipinski definition) is 6. The topological polar surface area (TPSA) is 76.9 Å². The zero-order chi connectivity index (χ0) is 21.9. The Morgan fingerprint density at radius 2 is 1.81 bits per heavy atom. The molecule has 1 fully saturated rings. The first-order valence-corrected chi connectivity index (χ1v) is 11.0. The van der Waals surface area contributed by atoms with E-state index in [2.05, 4.69) is 16.0 Å². The maximum absolute atomic E-state index is 12.7. The highest BCUT2D eigenvalue weighted by molar-refractivity contribution is 5.77. The number of ether oxygens (including phenoxy) is 2. The van der Waals surface area contributed by atoms with Crippen molar-refractivity contribution in [1.82, 2.24) is 19.4 Å². The number of rotatable bonds is 6. The number of fused-ring (bicyclic) bond motifs is 2. The van der Waals surface area contributed by atoms with Gasteiger partial charge in [-0.1, -0.05) is 18.2 Å². The van der Waals surface area contributed by atoms with Crippen LogP contribution in [0.1, 0.15) is 18.4 Å². The van der Waals surface area contributed by atoms with Crippen LogP contribution in [-0.2, 0) is 17.9 Å². The normalized spacial score (nSPS) is 15.9. The van der Waals surface area contributed by atoms with Gasteiger partial charge in [0.15, 0.2) is 11.5 Å². The van der Waals surface area contributed by atoms with Gasteiger partial charge < -0.3 is 14.4 Å². The monoisotopic (exact) mass is 434 g/mol. The van der Waals surface area contributed by atoms with Crippen molar-refractivity contribution in [3.05, 3.63) is 64.7 Å². The summed E-state index contributed by atoms with van der Waals surface area (Å²) in [5.41, 5.74) is 1.83. The quantitative estimate of drug-likeness (QED) is 0.592. The number of piperazine rings is 1. The Labute approximate surface area is 186 Å². The van der Waals surface area contributed by atoms with Crippen LogP contribution in [0.5, 0.6) is 11.5 Å². The standard InChI is InChI=1S/C24H26N4O4/c29-23(6-3-9-28-16-25-20-5-2-1-4-19(20)24(28)30)27-12-10-26(11-13-27)15-18-7-8-21-22(14-18)32-17-31-21/h1-2,4-5,7-8,14,16H,3,6,9-13,15,17H2. The van der Waals surface area contributed by atoms with E-state index < -0.39 is 0 Å². The second kappa shape index (κ2) is 9.00. The largest absolute Gasteiger partial charge is 0.454 e. The van der Waals surface area contributed by atoms with Gasteiger partial charge in [-0.3, -0.25) is 19.1 Å². The fourth-order valence-electron chi connectivity index (χ4n) is 4.28. The number of carbonyl (C=O) groups excluding carboxylic acids is 1. The van der Waals surface area contributed by atoms with Crippen LogP contribution in [0.4, 0.5) is 0 Å². The lowest BCUT2D eigenvalue weighted by Crippen LogP contribution is -2.48. The summed E-state index contributed by atoms with van der Waals surface area (Å²) in [6.07, 6.45) is 2.63. The Morgan fingerprint density at radius 1 is 1.00 bits per heavy atom. The summed E-state index contributed by atoms with van der Waals surface area (Å²) >= 11 is 0. The fourth-order valence-corrected chi connectivity index (χ4v) is 4.28. The smallest absolute Gasteiger partial charge is 0.261 e. The molecule has 1 amide bonds. The van der Waals surface area contributed by atoms with Gasteiger partial charge in [-0.2, -0.15) is 0 Å². The second-order valence-electron chi connectivity index (χ2n) is 8.21. The summed E-state index contributed by atoms with van der Waals surface area (Å²) in [4.78, 5) is 33.8. The average Bonchev–Trinajstić information content (AvgIpc) is 3.29. The Kier molecular flexibility index (Phi) is 5.77. The molecule has 0 atom stereocenters. The lowest BCUT2D eigenvalue weighted by atomic mass is 10.1. The van der Waals surface area contributed by atoms with Crippen molar-refractivity contribution in [3.8, 4) is 11.5 Å². The molecule has 0 bridgehead atoms. The van der Waals surface area contributed by atoms with Crippen molar-refractivity contribution in [2.45, 2.75) is 25.9 Å². The summed E-state index contributed by atoms with van der Waals surface area (Å²) in [7, 11) is 0. The van der Waals surface area contributed by atoms with Gasteiger partial charge in [0, 0.05) is 45.7 Å². The van der Waals surface area contributed by atoms with Crippen LogP contribution in [0.3, 0.4) is 0 Å². The van der Waals surface area contributed by atoms with Crippen molar-refractivity contribution in [2.24, 2.45) is 0 Å². The fraction of sp³-hybridized carbons (Fsp3) is 0.375. The molecule has 0 spiro atoms. The molecule has 32 heavy (non-hydrogen) atoms. The van der Waals surface area contributed by atoms with E-state index in [1.54, 1.807) is 17.0 Å². The van der Waals surface area contributed by atoms with Crippen LogP contribution in [0.2, 0.25) is 0 Å². The molecule has 2 aromatic carbocycles. The molecule has 2 aliphatic heterocycles. The molecule has 0 radical (unpaired) electrons. The van der Waals surface area contributed by atoms with Crippen LogP contribution in [-0.4, -0.2) is 58.2 Å². The first-order valence-electron chi connectivity index (χ1n) is 11.0. The van der Waals surface area contributed by atoms with E-state index in [1.807, 2.05) is 35.2 Å². The van der Waals surface area contributed by atoms with Gasteiger partial charge in [-0.25, -0.2) is 4.98 Å². The maximum atomic E-state index is 12.7. The van der Waals surface area contributed by atoms with E-state index in [9.17, 15) is 9.59 Å². The number of benzene rings is 2. The van der Waals surface area contributed by atoms with Crippen molar-refractivity contribution >= 4 is 16.8 Å². The average molecular weight is 434 g/mol. The van der Waals surface area contributed by atoms with Crippen LogP contribution in [0.15, 0.2) is 53.6 Å². The molecule has 1 aromatic heterocycles. The third-order valence-electron chi connectivity index (χ3n) is 6.09. The minimum atomic E-state index is -0.0554. The SMILES string of the molecule is O=C(CCCn1cnc2ccccc2c1=O)N1CCN(Cc2ccc3c(c2)OCO3)CC1. The Bertz CT molecular complexity index is 1180. The number of carbonyl (C=O) groups is 1. The molecule has 1 saturated heterocycles. The summed E-state index contributed by atoms with van der Waals surface area (Å²) in [6.45, 7) is 4.73. The Balaban J connectivity index is 1.09. The molecule has 0 aliphatic carbocycles. The number of para-hydroxylation sites is 1. The second-order valence-corrected chi connectivity index (χ2v) is 8.21. The molecule has 0 N–H and O–H groups in total. The zero-order valence-electron chi connectivity index (χ0n) is 17.9. The predicted octanol–water partition coefficient (Wildman–Crippen LogP) is 2.25. The molecular formula is C24H26N4O4. The Morgan fingerprint density at radius 3 is 2.69 bits per heavy atom. The van der Waals surface area contributed by atoms with E-state index in [1.165, 1.54) is 5.56 Å². The third-order valence-corrected chi connectivity index (χ3v) is 6.09. The predicted molar refractivity (Wildman–Crippen MR) is 120 cm³/mol. The van der Waals surface area contributed by atoms with Gasteiger partial charge in [0.2, 0.25) is 12.7 Å². The van der Waals surface area contributed by atoms with Crippen molar-refractivity contribution < 1.29 is 14.3 Å². The lowest BCUT2D eigenvalue weighted by molar-refractivity contribution is -0.133. The highest BCUT2D eigenvalue weighted by Gasteiger charge is 2.22. The van der Waals surface area contributed by atoms with E-state index in [-0.39, 0.29) is 18.3 Å². The minimum absolute atomic E-state index is 0.0554. The summed E-state index contributed by atoms with van der Waals surface area (Å²) in [6, 6.07) is 13.4. The van der Waals surface area contributed by atoms with Gasteiger partial charge in [0.25, 0.3) is 5.56 Å². The van der Waals surface area contributed by atoms with Crippen LogP contribution < -0.4 is 15.0 Å². The van der Waals surface area contributed by atoms with E-state index in [0.29, 0.717) is 30.3 Å². The molecule has 8 nitrogen and oxygen atoms in total. The van der Waals surface area contributed by atoms with Gasteiger partial charge >= 0.3 is 0 Å². The minimum Gasteiger partial charge on any atom is -0.454 e. The molecule has 5 rings (SSSR count).